The first-order valence-corrected chi connectivity index (χ1v) is 14.3. The number of rotatable bonds is 7. The minimum absolute atomic E-state index is 0.0123. The molecule has 7 nitrogen and oxygen atoms in total. The fourth-order valence-corrected chi connectivity index (χ4v) is 6.00. The third-order valence-corrected chi connectivity index (χ3v) is 7.88. The van der Waals surface area contributed by atoms with E-state index in [1.165, 1.54) is 11.3 Å². The van der Waals surface area contributed by atoms with Crippen molar-refractivity contribution >= 4 is 29.0 Å². The van der Waals surface area contributed by atoms with Crippen LogP contribution in [0.4, 0.5) is 5.69 Å². The zero-order valence-electron chi connectivity index (χ0n) is 24.0. The zero-order chi connectivity index (χ0) is 29.3. The van der Waals surface area contributed by atoms with Gasteiger partial charge in [-0.2, -0.15) is 0 Å². The molecule has 0 fully saturated rings. The molecule has 0 bridgehead atoms. The molecule has 0 radical (unpaired) electrons. The van der Waals surface area contributed by atoms with Crippen LogP contribution in [0.1, 0.15) is 49.1 Å². The summed E-state index contributed by atoms with van der Waals surface area (Å²) in [7, 11) is 1.60. The van der Waals surface area contributed by atoms with Crippen LogP contribution in [0.25, 0.3) is 6.08 Å². The van der Waals surface area contributed by atoms with Gasteiger partial charge in [0, 0.05) is 11.3 Å². The molecular weight excluding hydrogens is 534 g/mol. The van der Waals surface area contributed by atoms with Gasteiger partial charge in [-0.15, -0.1) is 0 Å². The van der Waals surface area contributed by atoms with Gasteiger partial charge in [-0.25, -0.2) is 4.99 Å². The number of methoxy groups -OCH3 is 1. The molecule has 0 unspecified atom stereocenters. The summed E-state index contributed by atoms with van der Waals surface area (Å²) in [4.78, 5) is 33.2. The smallest absolute Gasteiger partial charge is 0.271 e. The van der Waals surface area contributed by atoms with Gasteiger partial charge in [0.1, 0.15) is 11.5 Å². The SMILES string of the molecule is COc1ccc([C@H]2C(C(=O)Nc3ccc(C)cc3C)=C(C)N=c3s/c(=C\c4ccccc4OC(C)C)c(=O)n32)cc1. The van der Waals surface area contributed by atoms with Crippen LogP contribution in [0.3, 0.4) is 0 Å². The number of hydrogen-bond acceptors (Lipinski definition) is 6. The number of para-hydroxylation sites is 1. The van der Waals surface area contributed by atoms with Crippen LogP contribution >= 0.6 is 11.3 Å². The van der Waals surface area contributed by atoms with Gasteiger partial charge in [0.25, 0.3) is 11.5 Å². The second-order valence-corrected chi connectivity index (χ2v) is 11.3. The Labute approximate surface area is 243 Å². The second-order valence-electron chi connectivity index (χ2n) is 10.3. The molecule has 0 spiro atoms. The van der Waals surface area contributed by atoms with E-state index in [0.717, 1.165) is 22.3 Å². The molecule has 3 aromatic carbocycles. The van der Waals surface area contributed by atoms with Gasteiger partial charge in [0.2, 0.25) is 0 Å². The van der Waals surface area contributed by atoms with E-state index in [0.29, 0.717) is 37.8 Å². The van der Waals surface area contributed by atoms with Gasteiger partial charge >= 0.3 is 0 Å². The molecule has 0 saturated carbocycles. The molecule has 41 heavy (non-hydrogen) atoms. The van der Waals surface area contributed by atoms with E-state index < -0.39 is 6.04 Å². The van der Waals surface area contributed by atoms with Gasteiger partial charge < -0.3 is 14.8 Å². The lowest BCUT2D eigenvalue weighted by molar-refractivity contribution is -0.113. The van der Waals surface area contributed by atoms with Crippen molar-refractivity contribution in [1.29, 1.82) is 0 Å². The van der Waals surface area contributed by atoms with E-state index in [4.69, 9.17) is 14.5 Å². The third kappa shape index (κ3) is 5.74. The van der Waals surface area contributed by atoms with Crippen LogP contribution in [0, 0.1) is 13.8 Å². The van der Waals surface area contributed by atoms with Gasteiger partial charge in [-0.1, -0.05) is 59.4 Å². The monoisotopic (exact) mass is 567 g/mol. The maximum absolute atomic E-state index is 14.0. The van der Waals surface area contributed by atoms with Crippen molar-refractivity contribution in [2.45, 2.75) is 46.8 Å². The highest BCUT2D eigenvalue weighted by Crippen LogP contribution is 2.32. The van der Waals surface area contributed by atoms with Gasteiger partial charge in [0.05, 0.1) is 35.1 Å². The summed E-state index contributed by atoms with van der Waals surface area (Å²) in [6, 6.07) is 20.3. The first kappa shape index (κ1) is 28.1. The standard InChI is InChI=1S/C33H33N3O4S/c1-19(2)40-27-10-8-7-9-24(27)18-28-32(38)36-30(23-12-14-25(39-6)15-13-23)29(22(5)34-33(36)41-28)31(37)35-26-16-11-20(3)17-21(26)4/h7-19,30H,1-6H3,(H,35,37)/b28-18-/t30-/m0/s1. The number of carbonyl (C=O) groups excluding carboxylic acids is 1. The van der Waals surface area contributed by atoms with Crippen molar-refractivity contribution in [2.24, 2.45) is 4.99 Å². The van der Waals surface area contributed by atoms with E-state index in [2.05, 4.69) is 5.32 Å². The highest BCUT2D eigenvalue weighted by atomic mass is 32.1. The van der Waals surface area contributed by atoms with Crippen LogP contribution in [0.5, 0.6) is 11.5 Å². The predicted octanol–water partition coefficient (Wildman–Crippen LogP) is 5.29. The fraction of sp³-hybridized carbons (Fsp3) is 0.242. The molecular formula is C33H33N3O4S. The number of nitrogens with zero attached hydrogens (tertiary/aromatic N) is 2. The Morgan fingerprint density at radius 1 is 1.05 bits per heavy atom. The van der Waals surface area contributed by atoms with E-state index in [1.807, 2.05) is 107 Å². The van der Waals surface area contributed by atoms with E-state index in [-0.39, 0.29) is 17.6 Å². The highest BCUT2D eigenvalue weighted by molar-refractivity contribution is 7.07. The molecule has 1 aliphatic rings. The molecule has 8 heteroatoms. The number of hydrogen-bond donors (Lipinski definition) is 1. The maximum Gasteiger partial charge on any atom is 0.271 e. The van der Waals surface area contributed by atoms with Gasteiger partial charge in [0.15, 0.2) is 4.80 Å². The fourth-order valence-electron chi connectivity index (χ4n) is 4.96. The van der Waals surface area contributed by atoms with Crippen molar-refractivity contribution in [3.8, 4) is 11.5 Å². The summed E-state index contributed by atoms with van der Waals surface area (Å²) in [6.45, 7) is 9.72. The topological polar surface area (TPSA) is 81.9 Å². The van der Waals surface area contributed by atoms with Crippen LogP contribution in [-0.4, -0.2) is 23.7 Å². The maximum atomic E-state index is 14.0. The zero-order valence-corrected chi connectivity index (χ0v) is 24.8. The number of allylic oxidation sites excluding steroid dienone is 1. The number of benzene rings is 3. The van der Waals surface area contributed by atoms with Crippen molar-refractivity contribution < 1.29 is 14.3 Å². The Bertz CT molecular complexity index is 1830. The Hall–Kier alpha value is -4.43. The van der Waals surface area contributed by atoms with Crippen LogP contribution < -0.4 is 29.7 Å². The lowest BCUT2D eigenvalue weighted by atomic mass is 9.95. The van der Waals surface area contributed by atoms with Crippen molar-refractivity contribution in [2.75, 3.05) is 12.4 Å². The third-order valence-electron chi connectivity index (χ3n) is 6.90. The minimum Gasteiger partial charge on any atom is -0.497 e. The average molecular weight is 568 g/mol. The first-order valence-electron chi connectivity index (χ1n) is 13.5. The summed E-state index contributed by atoms with van der Waals surface area (Å²) < 4.78 is 13.5. The van der Waals surface area contributed by atoms with E-state index in [9.17, 15) is 9.59 Å². The quantitative estimate of drug-likeness (QED) is 0.329. The molecule has 210 valence electrons. The molecule has 5 rings (SSSR count). The van der Waals surface area contributed by atoms with Crippen LogP contribution in [0.15, 0.2) is 87.8 Å². The van der Waals surface area contributed by atoms with Crippen molar-refractivity contribution in [3.05, 3.63) is 120 Å². The molecule has 1 aliphatic heterocycles. The first-order chi connectivity index (χ1) is 19.7. The summed E-state index contributed by atoms with van der Waals surface area (Å²) >= 11 is 1.30. The summed E-state index contributed by atoms with van der Waals surface area (Å²) in [5.41, 5.74) is 5.11. The lowest BCUT2D eigenvalue weighted by Gasteiger charge is -2.25. The number of nitrogens with one attached hydrogen (secondary N) is 1. The van der Waals surface area contributed by atoms with Crippen LogP contribution in [-0.2, 0) is 4.79 Å². The van der Waals surface area contributed by atoms with Gasteiger partial charge in [-0.05, 0) is 76.1 Å². The number of ether oxygens (including phenoxy) is 2. The number of fused-ring (bicyclic) bond motifs is 1. The number of carbonyl (C=O) groups is 1. The molecule has 1 atom stereocenters. The predicted molar refractivity (Wildman–Crippen MR) is 164 cm³/mol. The number of aromatic nitrogens is 1. The van der Waals surface area contributed by atoms with Crippen LogP contribution in [0.2, 0.25) is 0 Å². The van der Waals surface area contributed by atoms with E-state index >= 15 is 0 Å². The molecule has 0 saturated heterocycles. The van der Waals surface area contributed by atoms with Gasteiger partial charge in [-0.3, -0.25) is 14.2 Å². The Morgan fingerprint density at radius 3 is 2.46 bits per heavy atom. The minimum atomic E-state index is -0.674. The molecule has 2 heterocycles. The Balaban J connectivity index is 1.66. The normalized spacial score (nSPS) is 15.0. The number of aryl methyl sites for hydroxylation is 2. The number of anilines is 1. The summed E-state index contributed by atoms with van der Waals surface area (Å²) in [5, 5.41) is 3.06. The van der Waals surface area contributed by atoms with E-state index in [1.54, 1.807) is 11.7 Å². The van der Waals surface area contributed by atoms with Crippen molar-refractivity contribution in [3.63, 3.8) is 0 Å². The Morgan fingerprint density at radius 2 is 1.78 bits per heavy atom. The number of amides is 1. The second kappa shape index (κ2) is 11.6. The average Bonchev–Trinajstić information content (AvgIpc) is 3.24. The molecule has 0 aliphatic carbocycles. The summed E-state index contributed by atoms with van der Waals surface area (Å²) in [5.74, 6) is 1.08. The highest BCUT2D eigenvalue weighted by Gasteiger charge is 2.32. The molecule has 1 aromatic heterocycles. The molecule has 1 amide bonds. The number of thiazole rings is 1. The largest absolute Gasteiger partial charge is 0.497 e. The lowest BCUT2D eigenvalue weighted by Crippen LogP contribution is -2.40. The summed E-state index contributed by atoms with van der Waals surface area (Å²) in [6.07, 6.45) is 1.82. The van der Waals surface area contributed by atoms with Crippen molar-refractivity contribution in [1.82, 2.24) is 4.57 Å². The molecule has 4 aromatic rings. The Kier molecular flexibility index (Phi) is 7.94. The molecule has 1 N–H and O–H groups in total.